The fourth-order valence-electron chi connectivity index (χ4n) is 2.88. The number of aryl methyl sites for hydroxylation is 1. The van der Waals surface area contributed by atoms with E-state index in [4.69, 9.17) is 11.6 Å². The quantitative estimate of drug-likeness (QED) is 0.352. The van der Waals surface area contributed by atoms with Crippen LogP contribution < -0.4 is 15.4 Å². The van der Waals surface area contributed by atoms with E-state index in [1.165, 1.54) is 6.20 Å². The predicted octanol–water partition coefficient (Wildman–Crippen LogP) is 4.17. The first-order valence-electron chi connectivity index (χ1n) is 8.86. The molecule has 30 heavy (non-hydrogen) atoms. The number of H-pyrrole nitrogens is 1. The third kappa shape index (κ3) is 4.44. The number of sulfonamides is 1. The Kier molecular flexibility index (Phi) is 5.18. The van der Waals surface area contributed by atoms with Gasteiger partial charge >= 0.3 is 0 Å². The van der Waals surface area contributed by atoms with Crippen molar-refractivity contribution in [1.82, 2.24) is 20.2 Å². The van der Waals surface area contributed by atoms with Crippen LogP contribution in [0.1, 0.15) is 5.69 Å². The van der Waals surface area contributed by atoms with E-state index in [0.29, 0.717) is 23.1 Å². The molecule has 154 valence electrons. The minimum Gasteiger partial charge on any atom is -0.337 e. The van der Waals surface area contributed by atoms with Crippen molar-refractivity contribution in [3.63, 3.8) is 0 Å². The molecule has 0 atom stereocenters. The van der Waals surface area contributed by atoms with Gasteiger partial charge in [-0.05, 0) is 37.3 Å². The van der Waals surface area contributed by atoms with Crippen molar-refractivity contribution in [2.24, 2.45) is 0 Å². The maximum Gasteiger partial charge on any atom is 0.229 e. The second-order valence-corrected chi connectivity index (χ2v) is 8.80. The van der Waals surface area contributed by atoms with Crippen molar-refractivity contribution in [2.75, 3.05) is 21.6 Å². The third-order valence-corrected chi connectivity index (χ3v) is 5.09. The van der Waals surface area contributed by atoms with E-state index >= 15 is 0 Å². The molecule has 2 heterocycles. The van der Waals surface area contributed by atoms with E-state index in [-0.39, 0.29) is 5.02 Å². The lowest BCUT2D eigenvalue weighted by molar-refractivity contribution is 0.607. The number of hydrogen-bond acceptors (Lipinski definition) is 7. The van der Waals surface area contributed by atoms with Gasteiger partial charge in [-0.15, -0.1) is 0 Å². The molecule has 0 spiro atoms. The molecule has 0 radical (unpaired) electrons. The van der Waals surface area contributed by atoms with Crippen LogP contribution in [0.2, 0.25) is 5.02 Å². The number of benzene rings is 2. The van der Waals surface area contributed by atoms with Gasteiger partial charge in [-0.3, -0.25) is 9.82 Å². The fraction of sp³-hybridized carbons (Fsp3) is 0.105. The van der Waals surface area contributed by atoms with Crippen molar-refractivity contribution in [1.29, 1.82) is 0 Å². The Labute approximate surface area is 178 Å². The normalized spacial score (nSPS) is 11.4. The Morgan fingerprint density at radius 2 is 1.83 bits per heavy atom. The highest BCUT2D eigenvalue weighted by molar-refractivity contribution is 7.92. The first kappa shape index (κ1) is 19.9. The van der Waals surface area contributed by atoms with Crippen molar-refractivity contribution in [2.45, 2.75) is 6.92 Å². The van der Waals surface area contributed by atoms with E-state index < -0.39 is 10.0 Å². The molecule has 0 amide bonds. The first-order chi connectivity index (χ1) is 14.3. The Balaban J connectivity index is 1.61. The van der Waals surface area contributed by atoms with E-state index in [0.717, 1.165) is 28.5 Å². The van der Waals surface area contributed by atoms with Gasteiger partial charge in [0, 0.05) is 16.8 Å². The summed E-state index contributed by atoms with van der Waals surface area (Å²) in [4.78, 5) is 8.62. The van der Waals surface area contributed by atoms with Crippen LogP contribution in [-0.2, 0) is 10.0 Å². The van der Waals surface area contributed by atoms with Gasteiger partial charge in [0.15, 0.2) is 5.82 Å². The number of para-hydroxylation sites is 2. The number of hydrogen-bond donors (Lipinski definition) is 4. The summed E-state index contributed by atoms with van der Waals surface area (Å²) < 4.78 is 25.7. The van der Waals surface area contributed by atoms with Gasteiger partial charge in [-0.2, -0.15) is 10.1 Å². The molecule has 4 aromatic rings. The number of nitrogens with one attached hydrogen (secondary N) is 4. The van der Waals surface area contributed by atoms with Crippen LogP contribution in [0.5, 0.6) is 0 Å². The predicted molar refractivity (Wildman–Crippen MR) is 119 cm³/mol. The van der Waals surface area contributed by atoms with E-state index in [2.05, 4.69) is 35.5 Å². The summed E-state index contributed by atoms with van der Waals surface area (Å²) in [7, 11) is -3.44. The maximum absolute atomic E-state index is 11.6. The zero-order valence-corrected chi connectivity index (χ0v) is 17.6. The molecule has 0 fully saturated rings. The summed E-state index contributed by atoms with van der Waals surface area (Å²) in [6.45, 7) is 1.96. The van der Waals surface area contributed by atoms with Gasteiger partial charge < -0.3 is 10.6 Å². The molecule has 4 rings (SSSR count). The van der Waals surface area contributed by atoms with E-state index in [9.17, 15) is 8.42 Å². The van der Waals surface area contributed by atoms with Crippen LogP contribution in [0.3, 0.4) is 0 Å². The summed E-state index contributed by atoms with van der Waals surface area (Å²) in [5, 5.41) is 14.7. The minimum absolute atomic E-state index is 0.285. The molecule has 9 nitrogen and oxygen atoms in total. The highest BCUT2D eigenvalue weighted by Gasteiger charge is 2.11. The standard InChI is InChI=1S/C19H18ClN7O2S/c1-11-13-8-7-12(9-17(13)26-25-11)22-19-21-10-14(20)18(24-19)23-15-5-3-4-6-16(15)27-30(2,28)29/h3-10,27H,1-2H3,(H,25,26)(H2,21,22,23,24). The third-order valence-electron chi connectivity index (χ3n) is 4.22. The Morgan fingerprint density at radius 1 is 1.07 bits per heavy atom. The van der Waals surface area contributed by atoms with Crippen LogP contribution in [0, 0.1) is 6.92 Å². The summed E-state index contributed by atoms with van der Waals surface area (Å²) in [5.41, 5.74) is 3.46. The van der Waals surface area contributed by atoms with Crippen LogP contribution in [0.25, 0.3) is 10.9 Å². The molecule has 0 aliphatic rings. The van der Waals surface area contributed by atoms with Crippen LogP contribution in [-0.4, -0.2) is 34.8 Å². The van der Waals surface area contributed by atoms with E-state index in [1.54, 1.807) is 24.3 Å². The van der Waals surface area contributed by atoms with E-state index in [1.807, 2.05) is 25.1 Å². The van der Waals surface area contributed by atoms with Gasteiger partial charge in [0.25, 0.3) is 0 Å². The first-order valence-corrected chi connectivity index (χ1v) is 11.1. The zero-order valence-electron chi connectivity index (χ0n) is 16.1. The molecule has 2 aromatic heterocycles. The van der Waals surface area contributed by atoms with Gasteiger partial charge in [0.1, 0.15) is 5.02 Å². The number of nitrogens with zero attached hydrogens (tertiary/aromatic N) is 3. The van der Waals surface area contributed by atoms with Crippen LogP contribution in [0.4, 0.5) is 28.8 Å². The minimum atomic E-state index is -3.44. The number of aromatic nitrogens is 4. The largest absolute Gasteiger partial charge is 0.337 e. The lowest BCUT2D eigenvalue weighted by Gasteiger charge is -2.14. The second-order valence-electron chi connectivity index (χ2n) is 6.64. The van der Waals surface area contributed by atoms with Gasteiger partial charge in [0.2, 0.25) is 16.0 Å². The lowest BCUT2D eigenvalue weighted by atomic mass is 10.2. The smallest absolute Gasteiger partial charge is 0.229 e. The fourth-order valence-corrected chi connectivity index (χ4v) is 3.59. The van der Waals surface area contributed by atoms with Crippen molar-refractivity contribution < 1.29 is 8.42 Å². The number of aromatic amines is 1. The number of rotatable bonds is 6. The van der Waals surface area contributed by atoms with Gasteiger partial charge in [-0.1, -0.05) is 23.7 Å². The summed E-state index contributed by atoms with van der Waals surface area (Å²) in [5.74, 6) is 0.649. The number of halogens is 1. The zero-order chi connectivity index (χ0) is 21.3. The summed E-state index contributed by atoms with van der Waals surface area (Å²) in [6.07, 6.45) is 2.55. The molecule has 2 aromatic carbocycles. The highest BCUT2D eigenvalue weighted by Crippen LogP contribution is 2.30. The maximum atomic E-state index is 11.6. The molecule has 0 saturated carbocycles. The molecule has 11 heteroatoms. The highest BCUT2D eigenvalue weighted by atomic mass is 35.5. The monoisotopic (exact) mass is 443 g/mol. The van der Waals surface area contributed by atoms with Gasteiger partial charge in [0.05, 0.1) is 29.3 Å². The molecular weight excluding hydrogens is 426 g/mol. The molecule has 0 aliphatic heterocycles. The van der Waals surface area contributed by atoms with Gasteiger partial charge in [-0.25, -0.2) is 13.4 Å². The molecule has 0 saturated heterocycles. The average molecular weight is 444 g/mol. The second kappa shape index (κ2) is 7.81. The number of fused-ring (bicyclic) bond motifs is 1. The topological polar surface area (TPSA) is 125 Å². The Bertz CT molecular complexity index is 1340. The summed E-state index contributed by atoms with van der Waals surface area (Å²) >= 11 is 6.25. The Hall–Kier alpha value is -3.37. The summed E-state index contributed by atoms with van der Waals surface area (Å²) in [6, 6.07) is 12.6. The average Bonchev–Trinajstić information content (AvgIpc) is 3.05. The number of anilines is 5. The molecular formula is C19H18ClN7O2S. The lowest BCUT2D eigenvalue weighted by Crippen LogP contribution is -2.11. The SMILES string of the molecule is Cc1[nH]nc2cc(Nc3ncc(Cl)c(Nc4ccccc4NS(C)(=O)=O)n3)ccc12. The molecule has 0 aliphatic carbocycles. The molecule has 4 N–H and O–H groups in total. The molecule has 0 unspecified atom stereocenters. The van der Waals surface area contributed by atoms with Crippen molar-refractivity contribution in [3.05, 3.63) is 59.4 Å². The molecule has 0 bridgehead atoms. The van der Waals surface area contributed by atoms with Crippen LogP contribution >= 0.6 is 11.6 Å². The van der Waals surface area contributed by atoms with Crippen molar-refractivity contribution in [3.8, 4) is 0 Å². The van der Waals surface area contributed by atoms with Crippen molar-refractivity contribution >= 4 is 61.4 Å². The van der Waals surface area contributed by atoms with Crippen LogP contribution in [0.15, 0.2) is 48.7 Å². The Morgan fingerprint density at radius 3 is 2.60 bits per heavy atom.